The molecular weight excluding hydrogens is 237 g/mol. The van der Waals surface area contributed by atoms with Gasteiger partial charge in [-0.3, -0.25) is 0 Å². The van der Waals surface area contributed by atoms with Gasteiger partial charge in [-0.2, -0.15) is 0 Å². The van der Waals surface area contributed by atoms with E-state index in [0.29, 0.717) is 12.1 Å². The fourth-order valence-corrected chi connectivity index (χ4v) is 2.23. The van der Waals surface area contributed by atoms with Crippen LogP contribution in [-0.4, -0.2) is 7.05 Å². The van der Waals surface area contributed by atoms with E-state index in [0.717, 1.165) is 24.0 Å². The minimum atomic E-state index is -0.152. The molecule has 19 heavy (non-hydrogen) atoms. The van der Waals surface area contributed by atoms with Crippen LogP contribution >= 0.6 is 0 Å². The molecule has 0 saturated heterocycles. The van der Waals surface area contributed by atoms with Gasteiger partial charge in [0, 0.05) is 12.1 Å². The molecule has 0 heterocycles. The Hall–Kier alpha value is -1.67. The Morgan fingerprint density at radius 2 is 1.68 bits per heavy atom. The van der Waals surface area contributed by atoms with Crippen molar-refractivity contribution >= 4 is 0 Å². The first-order valence-corrected chi connectivity index (χ1v) is 6.77. The monoisotopic (exact) mass is 257 g/mol. The molecule has 0 amide bonds. The Labute approximate surface area is 114 Å². The minimum Gasteiger partial charge on any atom is -0.316 e. The smallest absolute Gasteiger partial charge is 0.127 e. The van der Waals surface area contributed by atoms with Crippen LogP contribution < -0.4 is 5.32 Å². The van der Waals surface area contributed by atoms with Gasteiger partial charge in [-0.25, -0.2) is 4.39 Å². The van der Waals surface area contributed by atoms with Crippen molar-refractivity contribution in [2.75, 3.05) is 7.05 Å². The molecule has 0 aliphatic heterocycles. The Morgan fingerprint density at radius 1 is 1.00 bits per heavy atom. The second-order valence-corrected chi connectivity index (χ2v) is 4.78. The van der Waals surface area contributed by atoms with E-state index >= 15 is 0 Å². The van der Waals surface area contributed by atoms with Crippen molar-refractivity contribution in [3.63, 3.8) is 0 Å². The molecule has 2 aromatic carbocycles. The maximum absolute atomic E-state index is 13.6. The molecule has 0 atom stereocenters. The molecule has 2 rings (SSSR count). The maximum atomic E-state index is 13.6. The molecule has 1 N–H and O–H groups in total. The predicted molar refractivity (Wildman–Crippen MR) is 78.6 cm³/mol. The molecule has 0 unspecified atom stereocenters. The first-order valence-electron chi connectivity index (χ1n) is 6.77. The molecule has 0 aromatic heterocycles. The zero-order valence-corrected chi connectivity index (χ0v) is 11.5. The molecule has 1 nitrogen and oxygen atoms in total. The quantitative estimate of drug-likeness (QED) is 0.848. The predicted octanol–water partition coefficient (Wildman–Crippen LogP) is 4.16. The van der Waals surface area contributed by atoms with E-state index in [2.05, 4.69) is 36.5 Å². The summed E-state index contributed by atoms with van der Waals surface area (Å²) in [6.45, 7) is 2.73. The van der Waals surface area contributed by atoms with E-state index in [1.807, 2.05) is 19.2 Å². The highest BCUT2D eigenvalue weighted by Gasteiger charge is 2.04. The Balaban J connectivity index is 2.28. The number of aryl methyl sites for hydroxylation is 1. The summed E-state index contributed by atoms with van der Waals surface area (Å²) in [5.74, 6) is -0.152. The normalized spacial score (nSPS) is 10.7. The lowest BCUT2D eigenvalue weighted by Crippen LogP contribution is -2.07. The SMILES string of the molecule is CCCc1ccc(-c2ccc(F)c(CNC)c2)cc1. The van der Waals surface area contributed by atoms with Gasteiger partial charge in [0.15, 0.2) is 0 Å². The first-order chi connectivity index (χ1) is 9.24. The van der Waals surface area contributed by atoms with Crippen molar-refractivity contribution in [2.24, 2.45) is 0 Å². The van der Waals surface area contributed by atoms with E-state index in [1.54, 1.807) is 6.07 Å². The average Bonchev–Trinajstić information content (AvgIpc) is 2.43. The van der Waals surface area contributed by atoms with Gasteiger partial charge < -0.3 is 5.32 Å². The third-order valence-electron chi connectivity index (χ3n) is 3.24. The molecular formula is C17H20FN. The van der Waals surface area contributed by atoms with Crippen molar-refractivity contribution in [3.05, 3.63) is 59.4 Å². The Morgan fingerprint density at radius 3 is 2.32 bits per heavy atom. The summed E-state index contributed by atoms with van der Waals surface area (Å²) >= 11 is 0. The molecule has 2 heteroatoms. The maximum Gasteiger partial charge on any atom is 0.127 e. The topological polar surface area (TPSA) is 12.0 Å². The van der Waals surface area contributed by atoms with Crippen LogP contribution in [0.2, 0.25) is 0 Å². The average molecular weight is 257 g/mol. The van der Waals surface area contributed by atoms with Crippen LogP contribution in [0.25, 0.3) is 11.1 Å². The summed E-state index contributed by atoms with van der Waals surface area (Å²) < 4.78 is 13.6. The summed E-state index contributed by atoms with van der Waals surface area (Å²) in [5, 5.41) is 2.99. The molecule has 2 aromatic rings. The first kappa shape index (κ1) is 13.8. The van der Waals surface area contributed by atoms with Crippen LogP contribution in [0.1, 0.15) is 24.5 Å². The van der Waals surface area contributed by atoms with Crippen LogP contribution in [-0.2, 0) is 13.0 Å². The summed E-state index contributed by atoms with van der Waals surface area (Å²) in [6, 6.07) is 13.8. The zero-order valence-electron chi connectivity index (χ0n) is 11.5. The molecule has 0 saturated carbocycles. The van der Waals surface area contributed by atoms with Crippen LogP contribution in [0.15, 0.2) is 42.5 Å². The minimum absolute atomic E-state index is 0.152. The molecule has 0 bridgehead atoms. The molecule has 0 radical (unpaired) electrons. The summed E-state index contributed by atoms with van der Waals surface area (Å²) in [6.07, 6.45) is 2.26. The van der Waals surface area contributed by atoms with Crippen molar-refractivity contribution in [3.8, 4) is 11.1 Å². The molecule has 0 aliphatic rings. The number of hydrogen-bond donors (Lipinski definition) is 1. The van der Waals surface area contributed by atoms with Gasteiger partial charge in [0.25, 0.3) is 0 Å². The molecule has 100 valence electrons. The Bertz CT molecular complexity index is 531. The highest BCUT2D eigenvalue weighted by atomic mass is 19.1. The van der Waals surface area contributed by atoms with E-state index in [9.17, 15) is 4.39 Å². The van der Waals surface area contributed by atoms with Crippen LogP contribution in [0.5, 0.6) is 0 Å². The number of hydrogen-bond acceptors (Lipinski definition) is 1. The van der Waals surface area contributed by atoms with Crippen molar-refractivity contribution < 1.29 is 4.39 Å². The standard InChI is InChI=1S/C17H20FN/c1-3-4-13-5-7-14(8-6-13)15-9-10-17(18)16(11-15)12-19-2/h5-11,19H,3-4,12H2,1-2H3. The fraction of sp³-hybridized carbons (Fsp3) is 0.294. The molecule has 0 spiro atoms. The van der Waals surface area contributed by atoms with Crippen molar-refractivity contribution in [1.82, 2.24) is 5.32 Å². The number of rotatable bonds is 5. The largest absolute Gasteiger partial charge is 0.316 e. The summed E-state index contributed by atoms with van der Waals surface area (Å²) in [7, 11) is 1.83. The van der Waals surface area contributed by atoms with E-state index in [1.165, 1.54) is 5.56 Å². The molecule has 0 fully saturated rings. The summed E-state index contributed by atoms with van der Waals surface area (Å²) in [5.41, 5.74) is 4.26. The van der Waals surface area contributed by atoms with E-state index in [4.69, 9.17) is 0 Å². The second-order valence-electron chi connectivity index (χ2n) is 4.78. The lowest BCUT2D eigenvalue weighted by atomic mass is 10.0. The van der Waals surface area contributed by atoms with Crippen molar-refractivity contribution in [1.29, 1.82) is 0 Å². The van der Waals surface area contributed by atoms with E-state index < -0.39 is 0 Å². The number of halogens is 1. The van der Waals surface area contributed by atoms with Gasteiger partial charge in [-0.15, -0.1) is 0 Å². The van der Waals surface area contributed by atoms with Gasteiger partial charge in [-0.05, 0) is 42.3 Å². The fourth-order valence-electron chi connectivity index (χ4n) is 2.23. The lowest BCUT2D eigenvalue weighted by molar-refractivity contribution is 0.601. The lowest BCUT2D eigenvalue weighted by Gasteiger charge is -2.08. The number of nitrogens with one attached hydrogen (secondary N) is 1. The van der Waals surface area contributed by atoms with Crippen LogP contribution in [0, 0.1) is 5.82 Å². The van der Waals surface area contributed by atoms with Gasteiger partial charge in [0.05, 0.1) is 0 Å². The third-order valence-corrected chi connectivity index (χ3v) is 3.24. The number of benzene rings is 2. The zero-order chi connectivity index (χ0) is 13.7. The van der Waals surface area contributed by atoms with Gasteiger partial charge in [0.2, 0.25) is 0 Å². The van der Waals surface area contributed by atoms with E-state index in [-0.39, 0.29) is 5.82 Å². The third kappa shape index (κ3) is 3.42. The molecule has 0 aliphatic carbocycles. The Kier molecular flexibility index (Phi) is 4.69. The van der Waals surface area contributed by atoms with Gasteiger partial charge in [0.1, 0.15) is 5.82 Å². The van der Waals surface area contributed by atoms with Gasteiger partial charge in [-0.1, -0.05) is 43.7 Å². The van der Waals surface area contributed by atoms with Crippen LogP contribution in [0.3, 0.4) is 0 Å². The highest BCUT2D eigenvalue weighted by molar-refractivity contribution is 5.64. The second kappa shape index (κ2) is 6.48. The van der Waals surface area contributed by atoms with Crippen molar-refractivity contribution in [2.45, 2.75) is 26.3 Å². The van der Waals surface area contributed by atoms with Crippen LogP contribution in [0.4, 0.5) is 4.39 Å². The highest BCUT2D eigenvalue weighted by Crippen LogP contribution is 2.23. The summed E-state index contributed by atoms with van der Waals surface area (Å²) in [4.78, 5) is 0. The van der Waals surface area contributed by atoms with Gasteiger partial charge >= 0.3 is 0 Å².